The normalized spacial score (nSPS) is 10.3. The number of nitrogens with zero attached hydrogens (tertiary/aromatic N) is 2. The fourth-order valence-corrected chi connectivity index (χ4v) is 1.91. The molecule has 0 unspecified atom stereocenters. The minimum absolute atomic E-state index is 0.447. The van der Waals surface area contributed by atoms with E-state index in [1.807, 2.05) is 72.4 Å². The summed E-state index contributed by atoms with van der Waals surface area (Å²) in [6.45, 7) is 0.447. The Morgan fingerprint density at radius 1 is 0.905 bits per heavy atom. The summed E-state index contributed by atoms with van der Waals surface area (Å²) in [4.78, 5) is 4.22. The van der Waals surface area contributed by atoms with Crippen LogP contribution in [-0.4, -0.2) is 9.55 Å². The van der Waals surface area contributed by atoms with E-state index < -0.39 is 0 Å². The second-order valence-electron chi connectivity index (χ2n) is 4.63. The average molecular weight is 280 g/mol. The van der Waals surface area contributed by atoms with E-state index in [2.05, 4.69) is 4.98 Å². The predicted molar refractivity (Wildman–Crippen MR) is 80.5 cm³/mol. The van der Waals surface area contributed by atoms with Crippen molar-refractivity contribution in [1.82, 2.24) is 9.55 Å². The van der Waals surface area contributed by atoms with Gasteiger partial charge in [-0.3, -0.25) is 0 Å². The maximum Gasteiger partial charge on any atom is 0.146 e. The Morgan fingerprint density at radius 3 is 2.24 bits per heavy atom. The van der Waals surface area contributed by atoms with E-state index in [0.717, 1.165) is 23.1 Å². The standard InChI is InChI=1S/C17H16N2O2/c1-19-12-11-18-17(19)13-20-14-7-9-16(10-8-14)21-15-5-3-2-4-6-15/h2-12H,13H2,1H3. The van der Waals surface area contributed by atoms with Crippen molar-refractivity contribution in [3.8, 4) is 17.2 Å². The Hall–Kier alpha value is -2.75. The molecular weight excluding hydrogens is 264 g/mol. The molecule has 0 atom stereocenters. The highest BCUT2D eigenvalue weighted by atomic mass is 16.5. The monoisotopic (exact) mass is 280 g/mol. The van der Waals surface area contributed by atoms with E-state index >= 15 is 0 Å². The topological polar surface area (TPSA) is 36.3 Å². The molecule has 0 N–H and O–H groups in total. The summed E-state index contributed by atoms with van der Waals surface area (Å²) >= 11 is 0. The maximum absolute atomic E-state index is 5.73. The number of hydrogen-bond donors (Lipinski definition) is 0. The van der Waals surface area contributed by atoms with Gasteiger partial charge in [0.2, 0.25) is 0 Å². The van der Waals surface area contributed by atoms with Gasteiger partial charge in [-0.05, 0) is 36.4 Å². The smallest absolute Gasteiger partial charge is 0.146 e. The molecule has 21 heavy (non-hydrogen) atoms. The lowest BCUT2D eigenvalue weighted by Gasteiger charge is -2.08. The largest absolute Gasteiger partial charge is 0.486 e. The van der Waals surface area contributed by atoms with Gasteiger partial charge >= 0.3 is 0 Å². The highest BCUT2D eigenvalue weighted by Gasteiger charge is 2.01. The summed E-state index contributed by atoms with van der Waals surface area (Å²) < 4.78 is 13.4. The minimum Gasteiger partial charge on any atom is -0.486 e. The molecule has 0 amide bonds. The van der Waals surface area contributed by atoms with Gasteiger partial charge in [-0.1, -0.05) is 18.2 Å². The van der Waals surface area contributed by atoms with Crippen LogP contribution in [0.4, 0.5) is 0 Å². The van der Waals surface area contributed by atoms with E-state index in [9.17, 15) is 0 Å². The molecule has 0 saturated carbocycles. The van der Waals surface area contributed by atoms with Crippen molar-refractivity contribution < 1.29 is 9.47 Å². The maximum atomic E-state index is 5.73. The predicted octanol–water partition coefficient (Wildman–Crippen LogP) is 3.79. The molecule has 4 heteroatoms. The van der Waals surface area contributed by atoms with Crippen LogP contribution in [0.3, 0.4) is 0 Å². The van der Waals surface area contributed by atoms with Crippen LogP contribution < -0.4 is 9.47 Å². The molecule has 0 bridgehead atoms. The van der Waals surface area contributed by atoms with E-state index in [4.69, 9.17) is 9.47 Å². The number of rotatable bonds is 5. The van der Waals surface area contributed by atoms with Crippen LogP contribution >= 0.6 is 0 Å². The van der Waals surface area contributed by atoms with Crippen LogP contribution in [0.15, 0.2) is 67.0 Å². The van der Waals surface area contributed by atoms with Crippen molar-refractivity contribution in [2.45, 2.75) is 6.61 Å². The van der Waals surface area contributed by atoms with Crippen LogP contribution in [0.1, 0.15) is 5.82 Å². The Morgan fingerprint density at radius 2 is 1.57 bits per heavy atom. The lowest BCUT2D eigenvalue weighted by molar-refractivity contribution is 0.291. The molecule has 0 fully saturated rings. The first-order chi connectivity index (χ1) is 10.3. The van der Waals surface area contributed by atoms with Gasteiger partial charge in [-0.15, -0.1) is 0 Å². The summed E-state index contributed by atoms with van der Waals surface area (Å²) in [5.41, 5.74) is 0. The number of aromatic nitrogens is 2. The second kappa shape index (κ2) is 6.13. The van der Waals surface area contributed by atoms with Gasteiger partial charge in [0, 0.05) is 19.4 Å². The number of imidazole rings is 1. The van der Waals surface area contributed by atoms with Gasteiger partial charge in [0.1, 0.15) is 29.7 Å². The van der Waals surface area contributed by atoms with Gasteiger partial charge in [0.25, 0.3) is 0 Å². The Balaban J connectivity index is 1.60. The second-order valence-corrected chi connectivity index (χ2v) is 4.63. The first-order valence-corrected chi connectivity index (χ1v) is 6.73. The number of para-hydroxylation sites is 1. The third-order valence-corrected chi connectivity index (χ3v) is 3.09. The van der Waals surface area contributed by atoms with Crippen molar-refractivity contribution in [2.75, 3.05) is 0 Å². The number of benzene rings is 2. The van der Waals surface area contributed by atoms with E-state index in [1.54, 1.807) is 6.20 Å². The zero-order chi connectivity index (χ0) is 14.5. The average Bonchev–Trinajstić information content (AvgIpc) is 2.93. The van der Waals surface area contributed by atoms with Gasteiger partial charge < -0.3 is 14.0 Å². The lowest BCUT2D eigenvalue weighted by atomic mass is 10.3. The SMILES string of the molecule is Cn1ccnc1COc1ccc(Oc2ccccc2)cc1. The first kappa shape index (κ1) is 13.2. The molecule has 1 heterocycles. The molecule has 0 aliphatic heterocycles. The van der Waals surface area contributed by atoms with Crippen molar-refractivity contribution in [3.63, 3.8) is 0 Å². The Labute approximate surface area is 123 Å². The van der Waals surface area contributed by atoms with E-state index in [-0.39, 0.29) is 0 Å². The molecule has 3 rings (SSSR count). The van der Waals surface area contributed by atoms with E-state index in [0.29, 0.717) is 6.61 Å². The van der Waals surface area contributed by atoms with Crippen LogP contribution in [0.25, 0.3) is 0 Å². The van der Waals surface area contributed by atoms with Crippen molar-refractivity contribution >= 4 is 0 Å². The summed E-state index contributed by atoms with van der Waals surface area (Å²) in [5.74, 6) is 3.28. The van der Waals surface area contributed by atoms with Gasteiger partial charge in [0.15, 0.2) is 0 Å². The van der Waals surface area contributed by atoms with Crippen LogP contribution in [0.5, 0.6) is 17.2 Å². The molecule has 106 valence electrons. The molecule has 1 aromatic heterocycles. The molecule has 4 nitrogen and oxygen atoms in total. The van der Waals surface area contributed by atoms with E-state index in [1.165, 1.54) is 0 Å². The summed E-state index contributed by atoms with van der Waals surface area (Å²) in [6.07, 6.45) is 3.66. The zero-order valence-electron chi connectivity index (χ0n) is 11.8. The molecule has 2 aromatic carbocycles. The molecule has 3 aromatic rings. The highest BCUT2D eigenvalue weighted by Crippen LogP contribution is 2.23. The Bertz CT molecular complexity index is 690. The van der Waals surface area contributed by atoms with Crippen LogP contribution in [0, 0.1) is 0 Å². The lowest BCUT2D eigenvalue weighted by Crippen LogP contribution is -2.02. The van der Waals surface area contributed by atoms with Gasteiger partial charge in [0.05, 0.1) is 0 Å². The van der Waals surface area contributed by atoms with Crippen LogP contribution in [-0.2, 0) is 13.7 Å². The van der Waals surface area contributed by atoms with Crippen LogP contribution in [0.2, 0.25) is 0 Å². The van der Waals surface area contributed by atoms with Crippen molar-refractivity contribution in [3.05, 3.63) is 72.8 Å². The minimum atomic E-state index is 0.447. The summed E-state index contributed by atoms with van der Waals surface area (Å²) in [6, 6.07) is 17.3. The third kappa shape index (κ3) is 3.42. The first-order valence-electron chi connectivity index (χ1n) is 6.73. The molecular formula is C17H16N2O2. The highest BCUT2D eigenvalue weighted by molar-refractivity contribution is 5.35. The summed E-state index contributed by atoms with van der Waals surface area (Å²) in [7, 11) is 1.95. The number of ether oxygens (including phenoxy) is 2. The third-order valence-electron chi connectivity index (χ3n) is 3.09. The van der Waals surface area contributed by atoms with Crippen molar-refractivity contribution in [1.29, 1.82) is 0 Å². The Kier molecular flexibility index (Phi) is 3.87. The zero-order valence-corrected chi connectivity index (χ0v) is 11.8. The molecule has 0 aliphatic rings. The van der Waals surface area contributed by atoms with Crippen molar-refractivity contribution in [2.24, 2.45) is 7.05 Å². The molecule has 0 radical (unpaired) electrons. The number of aryl methyl sites for hydroxylation is 1. The van der Waals surface area contributed by atoms with Gasteiger partial charge in [-0.25, -0.2) is 4.98 Å². The fraction of sp³-hybridized carbons (Fsp3) is 0.118. The molecule has 0 spiro atoms. The quantitative estimate of drug-likeness (QED) is 0.713. The molecule has 0 saturated heterocycles. The summed E-state index contributed by atoms with van der Waals surface area (Å²) in [5, 5.41) is 0. The van der Waals surface area contributed by atoms with Gasteiger partial charge in [-0.2, -0.15) is 0 Å². The number of hydrogen-bond acceptors (Lipinski definition) is 3. The molecule has 0 aliphatic carbocycles. The fourth-order valence-electron chi connectivity index (χ4n) is 1.91.